The summed E-state index contributed by atoms with van der Waals surface area (Å²) in [6.07, 6.45) is 4.53. The van der Waals surface area contributed by atoms with Gasteiger partial charge in [0.15, 0.2) is 5.69 Å². The summed E-state index contributed by atoms with van der Waals surface area (Å²) in [5.74, 6) is 0.413. The topological polar surface area (TPSA) is 89.7 Å². The summed E-state index contributed by atoms with van der Waals surface area (Å²) in [6, 6.07) is 12.3. The molecule has 1 aliphatic heterocycles. The quantitative estimate of drug-likeness (QED) is 0.685. The minimum atomic E-state index is -0.251. The van der Waals surface area contributed by atoms with Crippen LogP contribution >= 0.6 is 0 Å². The second kappa shape index (κ2) is 8.35. The van der Waals surface area contributed by atoms with Crippen molar-refractivity contribution in [2.45, 2.75) is 38.8 Å². The predicted molar refractivity (Wildman–Crippen MR) is 106 cm³/mol. The first-order valence-electron chi connectivity index (χ1n) is 9.72. The molecule has 3 heterocycles. The Morgan fingerprint density at radius 2 is 2.00 bits per heavy atom. The van der Waals surface area contributed by atoms with Gasteiger partial charge in [-0.15, -0.1) is 5.10 Å². The standard InChI is InChI=1S/C20H25N7O/c1-15-19(24-25-27(15)17-7-11-21-12-8-17)20(28)23-18-9-13-22-26(18)14-10-16-5-3-2-4-6-16/h2-6,9,13,17,21H,7-8,10-12,14H2,1H3,(H,23,28). The Labute approximate surface area is 163 Å². The number of aromatic nitrogens is 5. The van der Waals surface area contributed by atoms with E-state index in [0.717, 1.165) is 38.0 Å². The summed E-state index contributed by atoms with van der Waals surface area (Å²) in [5, 5.41) is 19.0. The van der Waals surface area contributed by atoms with Crippen LogP contribution in [0.5, 0.6) is 0 Å². The summed E-state index contributed by atoms with van der Waals surface area (Å²) >= 11 is 0. The molecular formula is C20H25N7O. The lowest BCUT2D eigenvalue weighted by atomic mass is 10.1. The van der Waals surface area contributed by atoms with Crippen molar-refractivity contribution in [1.29, 1.82) is 0 Å². The number of nitrogens with zero attached hydrogens (tertiary/aromatic N) is 5. The second-order valence-electron chi connectivity index (χ2n) is 7.08. The van der Waals surface area contributed by atoms with Crippen LogP contribution in [0.25, 0.3) is 0 Å². The smallest absolute Gasteiger partial charge is 0.279 e. The molecule has 1 aliphatic rings. The molecule has 1 aromatic carbocycles. The Balaban J connectivity index is 1.43. The molecule has 1 saturated heterocycles. The number of rotatable bonds is 6. The van der Waals surface area contributed by atoms with Crippen molar-refractivity contribution in [3.8, 4) is 0 Å². The highest BCUT2D eigenvalue weighted by Crippen LogP contribution is 2.21. The highest BCUT2D eigenvalue weighted by atomic mass is 16.2. The lowest BCUT2D eigenvalue weighted by Crippen LogP contribution is -2.30. The third kappa shape index (κ3) is 3.96. The minimum Gasteiger partial charge on any atom is -0.317 e. The van der Waals surface area contributed by atoms with Gasteiger partial charge in [-0.3, -0.25) is 4.79 Å². The monoisotopic (exact) mass is 379 g/mol. The van der Waals surface area contributed by atoms with Gasteiger partial charge in [0, 0.05) is 12.6 Å². The van der Waals surface area contributed by atoms with Gasteiger partial charge in [0.25, 0.3) is 5.91 Å². The van der Waals surface area contributed by atoms with Crippen molar-refractivity contribution in [3.05, 3.63) is 59.5 Å². The minimum absolute atomic E-state index is 0.251. The van der Waals surface area contributed by atoms with Gasteiger partial charge in [0.05, 0.1) is 17.9 Å². The molecule has 28 heavy (non-hydrogen) atoms. The fourth-order valence-electron chi connectivity index (χ4n) is 3.62. The van der Waals surface area contributed by atoms with E-state index < -0.39 is 0 Å². The summed E-state index contributed by atoms with van der Waals surface area (Å²) in [6.45, 7) is 4.52. The summed E-state index contributed by atoms with van der Waals surface area (Å²) in [5.41, 5.74) is 2.41. The van der Waals surface area contributed by atoms with Gasteiger partial charge in [0.2, 0.25) is 0 Å². The predicted octanol–water partition coefficient (Wildman–Crippen LogP) is 2.20. The van der Waals surface area contributed by atoms with E-state index >= 15 is 0 Å². The number of carbonyl (C=O) groups excluding carboxylic acids is 1. The number of nitrogens with one attached hydrogen (secondary N) is 2. The van der Waals surface area contributed by atoms with Crippen LogP contribution in [0, 0.1) is 6.92 Å². The number of piperidine rings is 1. The molecule has 1 fully saturated rings. The van der Waals surface area contributed by atoms with Crippen LogP contribution in [0.1, 0.15) is 40.6 Å². The maximum Gasteiger partial charge on any atom is 0.279 e. The van der Waals surface area contributed by atoms with Crippen LogP contribution in [0.2, 0.25) is 0 Å². The average Bonchev–Trinajstić information content (AvgIpc) is 3.34. The van der Waals surface area contributed by atoms with Crippen LogP contribution in [0.3, 0.4) is 0 Å². The van der Waals surface area contributed by atoms with Crippen molar-refractivity contribution in [2.75, 3.05) is 18.4 Å². The Hall–Kier alpha value is -3.00. The summed E-state index contributed by atoms with van der Waals surface area (Å²) in [4.78, 5) is 12.8. The van der Waals surface area contributed by atoms with Crippen molar-refractivity contribution >= 4 is 11.7 Å². The van der Waals surface area contributed by atoms with Crippen molar-refractivity contribution in [2.24, 2.45) is 0 Å². The fraction of sp³-hybridized carbons (Fsp3) is 0.400. The largest absolute Gasteiger partial charge is 0.317 e. The number of amides is 1. The Morgan fingerprint density at radius 3 is 2.79 bits per heavy atom. The van der Waals surface area contributed by atoms with Crippen LogP contribution in [-0.4, -0.2) is 43.8 Å². The van der Waals surface area contributed by atoms with E-state index in [4.69, 9.17) is 0 Å². The molecule has 0 atom stereocenters. The van der Waals surface area contributed by atoms with Crippen LogP contribution in [0.15, 0.2) is 42.6 Å². The number of anilines is 1. The molecule has 0 radical (unpaired) electrons. The van der Waals surface area contributed by atoms with E-state index in [1.165, 1.54) is 5.56 Å². The van der Waals surface area contributed by atoms with Gasteiger partial charge >= 0.3 is 0 Å². The zero-order valence-electron chi connectivity index (χ0n) is 16.0. The third-order valence-corrected chi connectivity index (χ3v) is 5.21. The van der Waals surface area contributed by atoms with Crippen LogP contribution in [-0.2, 0) is 13.0 Å². The SMILES string of the molecule is Cc1c(C(=O)Nc2ccnn2CCc2ccccc2)nnn1C1CCNCC1. The number of hydrogen-bond donors (Lipinski definition) is 2. The van der Waals surface area contributed by atoms with E-state index in [-0.39, 0.29) is 5.91 Å². The maximum absolute atomic E-state index is 12.8. The van der Waals surface area contributed by atoms with E-state index in [2.05, 4.69) is 38.2 Å². The van der Waals surface area contributed by atoms with E-state index in [0.29, 0.717) is 24.1 Å². The molecule has 146 valence electrons. The highest BCUT2D eigenvalue weighted by Gasteiger charge is 2.23. The third-order valence-electron chi connectivity index (χ3n) is 5.21. The number of benzene rings is 1. The van der Waals surface area contributed by atoms with Crippen molar-refractivity contribution < 1.29 is 4.79 Å². The maximum atomic E-state index is 12.8. The first-order chi connectivity index (χ1) is 13.7. The lowest BCUT2D eigenvalue weighted by molar-refractivity contribution is 0.102. The molecule has 8 nitrogen and oxygen atoms in total. The van der Waals surface area contributed by atoms with Gasteiger partial charge in [-0.25, -0.2) is 9.36 Å². The zero-order chi connectivity index (χ0) is 19.3. The summed E-state index contributed by atoms with van der Waals surface area (Å²) < 4.78 is 3.69. The summed E-state index contributed by atoms with van der Waals surface area (Å²) in [7, 11) is 0. The molecule has 8 heteroatoms. The lowest BCUT2D eigenvalue weighted by Gasteiger charge is -2.23. The Bertz CT molecular complexity index is 925. The molecule has 3 aromatic rings. The molecule has 2 aromatic heterocycles. The zero-order valence-corrected chi connectivity index (χ0v) is 16.0. The van der Waals surface area contributed by atoms with Gasteiger partial charge in [-0.1, -0.05) is 35.5 Å². The first-order valence-corrected chi connectivity index (χ1v) is 9.72. The molecule has 0 bridgehead atoms. The van der Waals surface area contributed by atoms with Gasteiger partial charge in [0.1, 0.15) is 5.82 Å². The average molecular weight is 379 g/mol. The second-order valence-corrected chi connectivity index (χ2v) is 7.08. The van der Waals surface area contributed by atoms with Gasteiger partial charge in [-0.05, 0) is 44.8 Å². The van der Waals surface area contributed by atoms with Crippen molar-refractivity contribution in [3.63, 3.8) is 0 Å². The van der Waals surface area contributed by atoms with Crippen LogP contribution in [0.4, 0.5) is 5.82 Å². The molecule has 0 unspecified atom stereocenters. The molecule has 0 saturated carbocycles. The molecule has 4 rings (SSSR count). The molecule has 0 aliphatic carbocycles. The van der Waals surface area contributed by atoms with E-state index in [9.17, 15) is 4.79 Å². The van der Waals surface area contributed by atoms with Gasteiger partial charge in [-0.2, -0.15) is 5.10 Å². The molecule has 0 spiro atoms. The van der Waals surface area contributed by atoms with Crippen molar-refractivity contribution in [1.82, 2.24) is 30.1 Å². The Morgan fingerprint density at radius 1 is 1.21 bits per heavy atom. The highest BCUT2D eigenvalue weighted by molar-refractivity contribution is 6.03. The molecule has 2 N–H and O–H groups in total. The van der Waals surface area contributed by atoms with Gasteiger partial charge < -0.3 is 10.6 Å². The number of hydrogen-bond acceptors (Lipinski definition) is 5. The number of aryl methyl sites for hydroxylation is 2. The first kappa shape index (κ1) is 18.4. The van der Waals surface area contributed by atoms with E-state index in [1.807, 2.05) is 29.8 Å². The normalized spacial score (nSPS) is 14.9. The Kier molecular flexibility index (Phi) is 5.48. The van der Waals surface area contributed by atoms with E-state index in [1.54, 1.807) is 16.9 Å². The number of carbonyl (C=O) groups is 1. The molecule has 1 amide bonds. The fourth-order valence-corrected chi connectivity index (χ4v) is 3.62. The molecular weight excluding hydrogens is 354 g/mol. The van der Waals surface area contributed by atoms with Crippen LogP contribution < -0.4 is 10.6 Å².